The number of benzene rings is 2. The number of aliphatic hydroxyl groups is 1. The summed E-state index contributed by atoms with van der Waals surface area (Å²) in [5.41, 5.74) is 0.518. The van der Waals surface area contributed by atoms with Crippen LogP contribution >= 0.6 is 11.6 Å². The summed E-state index contributed by atoms with van der Waals surface area (Å²) < 4.78 is 21.8. The number of hydrogen-bond donors (Lipinski definition) is 2. The van der Waals surface area contributed by atoms with Crippen molar-refractivity contribution in [1.82, 2.24) is 4.90 Å². The maximum atomic E-state index is 13.7. The van der Waals surface area contributed by atoms with Gasteiger partial charge in [0.1, 0.15) is 0 Å². The summed E-state index contributed by atoms with van der Waals surface area (Å²) in [4.78, 5) is 28.1. The van der Waals surface area contributed by atoms with Crippen molar-refractivity contribution in [3.63, 3.8) is 0 Å². The van der Waals surface area contributed by atoms with Crippen LogP contribution in [0.15, 0.2) is 52.1 Å². The Morgan fingerprint density at radius 1 is 1.11 bits per heavy atom. The number of carbonyl (C=O) groups excluding carboxylic acids is 2. The summed E-state index contributed by atoms with van der Waals surface area (Å²) in [6.07, 6.45) is -0.0776. The Morgan fingerprint density at radius 3 is 2.47 bits per heavy atom. The summed E-state index contributed by atoms with van der Waals surface area (Å²) in [5, 5.41) is 22.1. The number of ketones is 1. The highest BCUT2D eigenvalue weighted by Crippen LogP contribution is 2.42. The van der Waals surface area contributed by atoms with Crippen molar-refractivity contribution in [1.29, 1.82) is 0 Å². The molecule has 1 unspecified atom stereocenters. The number of carbonyl (C=O) groups is 2. The number of phenols is 1. The lowest BCUT2D eigenvalue weighted by atomic mass is 9.94. The van der Waals surface area contributed by atoms with Crippen LogP contribution in [0.4, 0.5) is 0 Å². The molecule has 36 heavy (non-hydrogen) atoms. The van der Waals surface area contributed by atoms with Gasteiger partial charge < -0.3 is 33.7 Å². The zero-order valence-corrected chi connectivity index (χ0v) is 21.0. The molecule has 10 heteroatoms. The van der Waals surface area contributed by atoms with E-state index in [9.17, 15) is 19.8 Å². The van der Waals surface area contributed by atoms with Crippen molar-refractivity contribution in [3.05, 3.63) is 64.1 Å². The van der Waals surface area contributed by atoms with E-state index in [4.69, 9.17) is 30.2 Å². The Labute approximate surface area is 212 Å². The number of aromatic hydroxyl groups is 1. The van der Waals surface area contributed by atoms with Crippen LogP contribution in [0.25, 0.3) is 11.0 Å². The maximum Gasteiger partial charge on any atom is 0.290 e. The summed E-state index contributed by atoms with van der Waals surface area (Å²) in [5.74, 6) is -1.85. The van der Waals surface area contributed by atoms with Crippen LogP contribution in [-0.4, -0.2) is 60.3 Å². The predicted octanol–water partition coefficient (Wildman–Crippen LogP) is 4.81. The Morgan fingerprint density at radius 2 is 1.83 bits per heavy atom. The minimum absolute atomic E-state index is 0.0776. The standard InChI is InChI=1S/C26H26ClNO8/c1-13(2)35-8-7-28-22(14-5-6-18(33-3)17(29)10-14)21(24(31)26(28)32)23(30)19-11-15-9-16(27)12-20(34-4)25(15)36-19/h5-6,9-13,22,29,31H,7-8H2,1-4H3. The fourth-order valence-corrected chi connectivity index (χ4v) is 4.43. The van der Waals surface area contributed by atoms with E-state index in [1.54, 1.807) is 18.2 Å². The number of rotatable bonds is 9. The number of Topliss-reactive ketones (excluding diaryl/α,β-unsaturated/α-hetero) is 1. The van der Waals surface area contributed by atoms with E-state index in [1.165, 1.54) is 37.3 Å². The molecular weight excluding hydrogens is 490 g/mol. The molecule has 2 N–H and O–H groups in total. The van der Waals surface area contributed by atoms with E-state index in [-0.39, 0.29) is 42.1 Å². The molecule has 2 aromatic carbocycles. The minimum atomic E-state index is -1.00. The van der Waals surface area contributed by atoms with Crippen LogP contribution in [0.2, 0.25) is 5.02 Å². The Kier molecular flexibility index (Phi) is 7.14. The molecule has 0 radical (unpaired) electrons. The quantitative estimate of drug-likeness (QED) is 0.390. The second-order valence-electron chi connectivity index (χ2n) is 8.48. The molecule has 0 fully saturated rings. The van der Waals surface area contributed by atoms with Gasteiger partial charge in [0.25, 0.3) is 5.91 Å². The summed E-state index contributed by atoms with van der Waals surface area (Å²) >= 11 is 6.14. The zero-order valence-electron chi connectivity index (χ0n) is 20.2. The second-order valence-corrected chi connectivity index (χ2v) is 8.92. The van der Waals surface area contributed by atoms with Gasteiger partial charge in [0.05, 0.1) is 38.5 Å². The first kappa shape index (κ1) is 25.4. The third kappa shape index (κ3) is 4.59. The number of hydrogen-bond acceptors (Lipinski definition) is 8. The molecule has 0 bridgehead atoms. The average Bonchev–Trinajstić information content (AvgIpc) is 3.37. The third-order valence-electron chi connectivity index (χ3n) is 5.84. The molecule has 4 rings (SSSR count). The van der Waals surface area contributed by atoms with Crippen LogP contribution in [-0.2, 0) is 9.53 Å². The fraction of sp³-hybridized carbons (Fsp3) is 0.308. The van der Waals surface area contributed by atoms with Gasteiger partial charge in [-0.05, 0) is 43.7 Å². The predicted molar refractivity (Wildman–Crippen MR) is 132 cm³/mol. The highest BCUT2D eigenvalue weighted by atomic mass is 35.5. The minimum Gasteiger partial charge on any atom is -0.504 e. The molecule has 0 spiro atoms. The molecule has 190 valence electrons. The smallest absolute Gasteiger partial charge is 0.290 e. The highest BCUT2D eigenvalue weighted by Gasteiger charge is 2.44. The number of fused-ring (bicyclic) bond motifs is 1. The number of ether oxygens (including phenoxy) is 3. The van der Waals surface area contributed by atoms with E-state index >= 15 is 0 Å². The summed E-state index contributed by atoms with van der Waals surface area (Å²) in [6.45, 7) is 3.99. The van der Waals surface area contributed by atoms with Crippen molar-refractivity contribution >= 4 is 34.3 Å². The number of halogens is 1. The lowest BCUT2D eigenvalue weighted by Gasteiger charge is -2.27. The number of phenolic OH excluding ortho intramolecular Hbond substituents is 1. The van der Waals surface area contributed by atoms with Gasteiger partial charge in [-0.15, -0.1) is 0 Å². The molecule has 3 aromatic rings. The average molecular weight is 516 g/mol. The molecule has 1 aliphatic heterocycles. The molecule has 2 heterocycles. The van der Waals surface area contributed by atoms with Gasteiger partial charge >= 0.3 is 0 Å². The summed E-state index contributed by atoms with van der Waals surface area (Å²) in [7, 11) is 2.86. The SMILES string of the molecule is COc1ccc(C2C(C(=O)c3cc4cc(Cl)cc(OC)c4o3)=C(O)C(=O)N2CCOC(C)C)cc1O. The number of aliphatic hydroxyl groups excluding tert-OH is 1. The maximum absolute atomic E-state index is 13.7. The van der Waals surface area contributed by atoms with Gasteiger partial charge in [-0.1, -0.05) is 17.7 Å². The van der Waals surface area contributed by atoms with Crippen LogP contribution in [0.3, 0.4) is 0 Å². The van der Waals surface area contributed by atoms with E-state index in [1.807, 2.05) is 13.8 Å². The van der Waals surface area contributed by atoms with E-state index in [2.05, 4.69) is 0 Å². The second kappa shape index (κ2) is 10.1. The van der Waals surface area contributed by atoms with Gasteiger partial charge in [0, 0.05) is 23.0 Å². The van der Waals surface area contributed by atoms with Crippen LogP contribution in [0, 0.1) is 0 Å². The third-order valence-corrected chi connectivity index (χ3v) is 6.06. The van der Waals surface area contributed by atoms with Gasteiger partial charge in [-0.3, -0.25) is 9.59 Å². The molecule has 1 aliphatic rings. The van der Waals surface area contributed by atoms with Gasteiger partial charge in [0.2, 0.25) is 5.78 Å². The van der Waals surface area contributed by atoms with Crippen molar-refractivity contribution in [3.8, 4) is 17.2 Å². The molecule has 0 saturated heterocycles. The first-order chi connectivity index (χ1) is 17.2. The Bertz CT molecular complexity index is 1360. The molecule has 0 aliphatic carbocycles. The number of nitrogens with zero attached hydrogens (tertiary/aromatic N) is 1. The highest BCUT2D eigenvalue weighted by molar-refractivity contribution is 6.31. The molecule has 0 saturated carbocycles. The molecular formula is C26H26ClNO8. The number of methoxy groups -OCH3 is 2. The van der Waals surface area contributed by atoms with E-state index in [0.717, 1.165) is 0 Å². The topological polar surface area (TPSA) is 119 Å². The van der Waals surface area contributed by atoms with E-state index < -0.39 is 23.5 Å². The largest absolute Gasteiger partial charge is 0.504 e. The molecule has 9 nitrogen and oxygen atoms in total. The zero-order chi connectivity index (χ0) is 26.1. The van der Waals surface area contributed by atoms with Gasteiger partial charge in [0.15, 0.2) is 34.4 Å². The van der Waals surface area contributed by atoms with Crippen molar-refractivity contribution in [2.75, 3.05) is 27.4 Å². The summed E-state index contributed by atoms with van der Waals surface area (Å²) in [6, 6.07) is 8.16. The Hall–Kier alpha value is -3.69. The number of amides is 1. The van der Waals surface area contributed by atoms with Crippen LogP contribution in [0.1, 0.15) is 36.0 Å². The molecule has 1 amide bonds. The molecule has 1 atom stereocenters. The van der Waals surface area contributed by atoms with Gasteiger partial charge in [-0.25, -0.2) is 0 Å². The van der Waals surface area contributed by atoms with E-state index in [0.29, 0.717) is 27.3 Å². The van der Waals surface area contributed by atoms with Crippen molar-refractivity contribution in [2.24, 2.45) is 0 Å². The monoisotopic (exact) mass is 515 g/mol. The Balaban J connectivity index is 1.80. The first-order valence-electron chi connectivity index (χ1n) is 11.2. The fourth-order valence-electron chi connectivity index (χ4n) is 4.21. The lowest BCUT2D eigenvalue weighted by Crippen LogP contribution is -2.34. The lowest BCUT2D eigenvalue weighted by molar-refractivity contribution is -0.130. The first-order valence-corrected chi connectivity index (χ1v) is 11.6. The van der Waals surface area contributed by atoms with Crippen LogP contribution in [0.5, 0.6) is 17.2 Å². The normalized spacial score (nSPS) is 15.9. The van der Waals surface area contributed by atoms with Gasteiger partial charge in [-0.2, -0.15) is 0 Å². The van der Waals surface area contributed by atoms with Crippen molar-refractivity contribution in [2.45, 2.75) is 26.0 Å². The van der Waals surface area contributed by atoms with Crippen molar-refractivity contribution < 1.29 is 38.4 Å². The number of furan rings is 1. The van der Waals surface area contributed by atoms with Crippen LogP contribution < -0.4 is 9.47 Å². The molecule has 1 aromatic heterocycles.